The molecule has 0 radical (unpaired) electrons. The zero-order valence-corrected chi connectivity index (χ0v) is 17.9. The molecular formula is C25H22O9. The summed E-state index contributed by atoms with van der Waals surface area (Å²) < 4.78 is 16.1. The molecule has 3 N–H and O–H groups in total. The molecular weight excluding hydrogens is 444 g/mol. The number of carbonyl (C=O) groups excluding carboxylic acids is 3. The molecule has 2 aliphatic rings. The first-order chi connectivity index (χ1) is 16.2. The molecule has 1 saturated carbocycles. The van der Waals surface area contributed by atoms with Gasteiger partial charge in [0.15, 0.2) is 11.7 Å². The molecule has 9 nitrogen and oxygen atoms in total. The van der Waals surface area contributed by atoms with Crippen molar-refractivity contribution in [2.24, 2.45) is 0 Å². The van der Waals surface area contributed by atoms with Crippen LogP contribution in [0.2, 0.25) is 0 Å². The quantitative estimate of drug-likeness (QED) is 0.332. The number of benzene rings is 2. The smallest absolute Gasteiger partial charge is 0.338 e. The Morgan fingerprint density at radius 1 is 0.853 bits per heavy atom. The molecule has 0 amide bonds. The number of carbonyl (C=O) groups is 3. The van der Waals surface area contributed by atoms with E-state index in [4.69, 9.17) is 14.2 Å². The number of hydrogen-bond acceptors (Lipinski definition) is 9. The monoisotopic (exact) mass is 466 g/mol. The Morgan fingerprint density at radius 2 is 1.35 bits per heavy atom. The van der Waals surface area contributed by atoms with Crippen molar-refractivity contribution in [2.45, 2.75) is 36.8 Å². The molecule has 2 fully saturated rings. The van der Waals surface area contributed by atoms with E-state index in [-0.39, 0.29) is 24.3 Å². The van der Waals surface area contributed by atoms with Gasteiger partial charge in [0.1, 0.15) is 23.7 Å². The van der Waals surface area contributed by atoms with E-state index < -0.39 is 41.8 Å². The van der Waals surface area contributed by atoms with Gasteiger partial charge in [0, 0.05) is 25.0 Å². The van der Waals surface area contributed by atoms with E-state index in [2.05, 4.69) is 0 Å². The number of esters is 3. The maximum atomic E-state index is 12.4. The van der Waals surface area contributed by atoms with Crippen LogP contribution in [-0.4, -0.2) is 57.1 Å². The number of fused-ring (bicyclic) bond motifs is 2. The van der Waals surface area contributed by atoms with Gasteiger partial charge in [-0.3, -0.25) is 0 Å². The Labute approximate surface area is 194 Å². The lowest BCUT2D eigenvalue weighted by Crippen LogP contribution is -2.51. The molecule has 0 aromatic heterocycles. The van der Waals surface area contributed by atoms with Gasteiger partial charge in [-0.15, -0.1) is 0 Å². The van der Waals surface area contributed by atoms with E-state index in [9.17, 15) is 29.7 Å². The third-order valence-electron chi connectivity index (χ3n) is 5.58. The highest BCUT2D eigenvalue weighted by atomic mass is 16.6. The lowest BCUT2D eigenvalue weighted by atomic mass is 9.82. The summed E-state index contributed by atoms with van der Waals surface area (Å²) >= 11 is 0. The molecule has 176 valence electrons. The normalized spacial score (nSPS) is 25.9. The van der Waals surface area contributed by atoms with Crippen LogP contribution in [0.4, 0.5) is 0 Å². The van der Waals surface area contributed by atoms with Gasteiger partial charge in [-0.2, -0.15) is 0 Å². The number of rotatable bonds is 6. The Kier molecular flexibility index (Phi) is 6.38. The minimum absolute atomic E-state index is 0.0805. The molecule has 1 aliphatic heterocycles. The lowest BCUT2D eigenvalue weighted by molar-refractivity contribution is -0.178. The summed E-state index contributed by atoms with van der Waals surface area (Å²) in [4.78, 5) is 36.9. The van der Waals surface area contributed by atoms with E-state index >= 15 is 0 Å². The highest BCUT2D eigenvalue weighted by Crippen LogP contribution is 2.40. The van der Waals surface area contributed by atoms with Crippen molar-refractivity contribution in [1.29, 1.82) is 0 Å². The molecule has 0 spiro atoms. The van der Waals surface area contributed by atoms with Gasteiger partial charge >= 0.3 is 17.9 Å². The summed E-state index contributed by atoms with van der Waals surface area (Å²) in [5.41, 5.74) is -0.540. The van der Waals surface area contributed by atoms with Crippen LogP contribution < -0.4 is 0 Å². The first-order valence-electron chi connectivity index (χ1n) is 10.5. The van der Waals surface area contributed by atoms with Gasteiger partial charge in [-0.05, 0) is 47.5 Å². The van der Waals surface area contributed by atoms with Crippen LogP contribution in [0.1, 0.15) is 24.0 Å². The Hall–Kier alpha value is -4.11. The van der Waals surface area contributed by atoms with Crippen LogP contribution in [0.3, 0.4) is 0 Å². The maximum absolute atomic E-state index is 12.4. The first kappa shape index (κ1) is 23.1. The summed E-state index contributed by atoms with van der Waals surface area (Å²) in [6.45, 7) is 0. The van der Waals surface area contributed by atoms with Gasteiger partial charge in [-0.1, -0.05) is 24.3 Å². The second kappa shape index (κ2) is 9.40. The fourth-order valence-corrected chi connectivity index (χ4v) is 3.87. The number of phenols is 2. The first-order valence-corrected chi connectivity index (χ1v) is 10.5. The van der Waals surface area contributed by atoms with Crippen molar-refractivity contribution in [3.05, 3.63) is 71.8 Å². The third kappa shape index (κ3) is 5.26. The zero-order valence-electron chi connectivity index (χ0n) is 17.9. The minimum Gasteiger partial charge on any atom is -0.508 e. The van der Waals surface area contributed by atoms with Crippen molar-refractivity contribution in [3.8, 4) is 11.5 Å². The largest absolute Gasteiger partial charge is 0.508 e. The molecule has 2 unspecified atom stereocenters. The molecule has 1 saturated heterocycles. The van der Waals surface area contributed by atoms with Crippen LogP contribution in [0.15, 0.2) is 60.7 Å². The number of aliphatic hydroxyl groups is 1. The fourth-order valence-electron chi connectivity index (χ4n) is 3.87. The average Bonchev–Trinajstić information content (AvgIpc) is 3.05. The molecule has 1 aliphatic carbocycles. The highest BCUT2D eigenvalue weighted by Gasteiger charge is 2.60. The molecule has 2 bridgehead atoms. The van der Waals surface area contributed by atoms with E-state index in [1.165, 1.54) is 36.4 Å². The van der Waals surface area contributed by atoms with E-state index in [0.717, 1.165) is 12.2 Å². The molecule has 2 aromatic rings. The predicted molar refractivity (Wildman–Crippen MR) is 118 cm³/mol. The van der Waals surface area contributed by atoms with Crippen molar-refractivity contribution >= 4 is 30.1 Å². The average molecular weight is 466 g/mol. The number of hydrogen-bond donors (Lipinski definition) is 3. The summed E-state index contributed by atoms with van der Waals surface area (Å²) in [5.74, 6) is -2.21. The summed E-state index contributed by atoms with van der Waals surface area (Å²) in [7, 11) is 0. The SMILES string of the molecule is O=C(C=Cc1ccc(O)cc1)OC1C[C@]2(O)CC(OC2=O)[C@@H]1OC(=O)C=Cc1ccc(O)cc1. The van der Waals surface area contributed by atoms with Crippen molar-refractivity contribution in [3.63, 3.8) is 0 Å². The van der Waals surface area contributed by atoms with Gasteiger partial charge < -0.3 is 29.5 Å². The van der Waals surface area contributed by atoms with Gasteiger partial charge in [0.05, 0.1) is 0 Å². The zero-order chi connectivity index (χ0) is 24.3. The molecule has 1 heterocycles. The van der Waals surface area contributed by atoms with Gasteiger partial charge in [0.25, 0.3) is 0 Å². The Balaban J connectivity index is 1.45. The predicted octanol–water partition coefficient (Wildman–Crippen LogP) is 2.10. The molecule has 34 heavy (non-hydrogen) atoms. The van der Waals surface area contributed by atoms with Gasteiger partial charge in [-0.25, -0.2) is 14.4 Å². The standard InChI is InChI=1S/C25H22O9/c26-17-7-1-15(2-8-17)5-11-21(28)32-19-13-25(31)14-20(33-24(25)30)23(19)34-22(29)12-6-16-3-9-18(27)10-4-16/h1-12,19-20,23,26-27,31H,13-14H2/t19?,20?,23-,25+/m1/s1. The number of aromatic hydroxyl groups is 2. The van der Waals surface area contributed by atoms with Crippen LogP contribution in [0.25, 0.3) is 12.2 Å². The van der Waals surface area contributed by atoms with Crippen LogP contribution >= 0.6 is 0 Å². The minimum atomic E-state index is -1.82. The molecule has 4 rings (SSSR count). The topological polar surface area (TPSA) is 140 Å². The second-order valence-electron chi connectivity index (χ2n) is 8.11. The van der Waals surface area contributed by atoms with Crippen molar-refractivity contribution in [1.82, 2.24) is 0 Å². The summed E-state index contributed by atoms with van der Waals surface area (Å²) in [6.07, 6.45) is 1.72. The summed E-state index contributed by atoms with van der Waals surface area (Å²) in [6, 6.07) is 12.2. The molecule has 9 heteroatoms. The van der Waals surface area contributed by atoms with Crippen LogP contribution in [0.5, 0.6) is 11.5 Å². The molecule has 4 atom stereocenters. The molecule has 2 aromatic carbocycles. The van der Waals surface area contributed by atoms with Gasteiger partial charge in [0.2, 0.25) is 0 Å². The van der Waals surface area contributed by atoms with E-state index in [0.29, 0.717) is 11.1 Å². The fraction of sp³-hybridized carbons (Fsp3) is 0.240. The third-order valence-corrected chi connectivity index (χ3v) is 5.58. The Bertz CT molecular complexity index is 1130. The van der Waals surface area contributed by atoms with Crippen molar-refractivity contribution in [2.75, 3.05) is 0 Å². The van der Waals surface area contributed by atoms with Crippen LogP contribution in [0, 0.1) is 0 Å². The second-order valence-corrected chi connectivity index (χ2v) is 8.11. The number of phenolic OH excluding ortho intramolecular Hbond substituents is 2. The lowest BCUT2D eigenvalue weighted by Gasteiger charge is -2.35. The van der Waals surface area contributed by atoms with E-state index in [1.54, 1.807) is 24.3 Å². The summed E-state index contributed by atoms with van der Waals surface area (Å²) in [5, 5.41) is 29.2. The number of ether oxygens (including phenoxy) is 3. The highest BCUT2D eigenvalue weighted by molar-refractivity contribution is 5.89. The van der Waals surface area contributed by atoms with E-state index in [1.807, 2.05) is 0 Å². The van der Waals surface area contributed by atoms with Crippen LogP contribution in [-0.2, 0) is 28.6 Å². The Morgan fingerprint density at radius 3 is 1.88 bits per heavy atom. The maximum Gasteiger partial charge on any atom is 0.338 e. The van der Waals surface area contributed by atoms with Crippen molar-refractivity contribution < 1.29 is 43.9 Å².